The number of rotatable bonds is 2. The minimum atomic E-state index is -0.362. The van der Waals surface area contributed by atoms with Crippen LogP contribution >= 0.6 is 15.9 Å². The highest BCUT2D eigenvalue weighted by Crippen LogP contribution is 2.13. The number of amides is 2. The zero-order valence-corrected chi connectivity index (χ0v) is 10.6. The number of halogens is 1. The number of pyridine rings is 1. The van der Waals surface area contributed by atoms with Crippen molar-refractivity contribution < 1.29 is 4.79 Å². The van der Waals surface area contributed by atoms with Crippen LogP contribution in [-0.2, 0) is 7.05 Å². The van der Waals surface area contributed by atoms with E-state index in [0.29, 0.717) is 11.6 Å². The predicted octanol–water partition coefficient (Wildman–Crippen LogP) is 2.22. The van der Waals surface area contributed by atoms with E-state index in [1.165, 1.54) is 0 Å². The van der Waals surface area contributed by atoms with Gasteiger partial charge < -0.3 is 0 Å². The second-order valence-electron chi connectivity index (χ2n) is 3.28. The third kappa shape index (κ3) is 3.04. The van der Waals surface area contributed by atoms with Crippen LogP contribution in [0.15, 0.2) is 35.1 Å². The number of nitrogens with zero attached hydrogens (tertiary/aromatic N) is 3. The molecule has 17 heavy (non-hydrogen) atoms. The monoisotopic (exact) mass is 295 g/mol. The largest absolute Gasteiger partial charge is 0.326 e. The summed E-state index contributed by atoms with van der Waals surface area (Å²) >= 11 is 3.30. The molecule has 0 spiro atoms. The van der Waals surface area contributed by atoms with Crippen molar-refractivity contribution >= 4 is 33.6 Å². The molecule has 2 rings (SSSR count). The molecule has 0 aromatic carbocycles. The van der Waals surface area contributed by atoms with Crippen LogP contribution in [0.1, 0.15) is 0 Å². The Balaban J connectivity index is 2.01. The fourth-order valence-corrected chi connectivity index (χ4v) is 1.57. The first kappa shape index (κ1) is 11.6. The van der Waals surface area contributed by atoms with Gasteiger partial charge in [-0.2, -0.15) is 5.10 Å². The van der Waals surface area contributed by atoms with Gasteiger partial charge in [-0.1, -0.05) is 15.9 Å². The summed E-state index contributed by atoms with van der Waals surface area (Å²) in [5.41, 5.74) is 0. The molecule has 2 aromatic heterocycles. The summed E-state index contributed by atoms with van der Waals surface area (Å²) in [6.07, 6.45) is 3.21. The van der Waals surface area contributed by atoms with E-state index in [-0.39, 0.29) is 6.03 Å². The van der Waals surface area contributed by atoms with E-state index in [1.807, 2.05) is 0 Å². The number of aromatic nitrogens is 3. The summed E-state index contributed by atoms with van der Waals surface area (Å²) in [4.78, 5) is 15.6. The number of hydrogen-bond acceptors (Lipinski definition) is 3. The smallest absolute Gasteiger partial charge is 0.292 e. The van der Waals surface area contributed by atoms with Gasteiger partial charge in [0.25, 0.3) is 0 Å². The summed E-state index contributed by atoms with van der Waals surface area (Å²) in [7, 11) is 1.74. The first-order chi connectivity index (χ1) is 8.15. The van der Waals surface area contributed by atoms with Crippen molar-refractivity contribution in [3.05, 3.63) is 35.1 Å². The first-order valence-corrected chi connectivity index (χ1v) is 5.62. The molecule has 0 aliphatic rings. The number of hydrogen-bond donors (Lipinski definition) is 2. The molecule has 2 N–H and O–H groups in total. The topological polar surface area (TPSA) is 71.8 Å². The molecule has 0 saturated heterocycles. The maximum Gasteiger partial charge on any atom is 0.326 e. The van der Waals surface area contributed by atoms with Crippen molar-refractivity contribution in [2.45, 2.75) is 0 Å². The minimum absolute atomic E-state index is 0.362. The number of aryl methyl sites for hydroxylation is 1. The van der Waals surface area contributed by atoms with E-state index >= 15 is 0 Å². The fourth-order valence-electron chi connectivity index (χ4n) is 1.23. The Bertz CT molecular complexity index is 539. The second-order valence-corrected chi connectivity index (χ2v) is 4.19. The Kier molecular flexibility index (Phi) is 3.38. The van der Waals surface area contributed by atoms with Crippen LogP contribution in [0, 0.1) is 0 Å². The van der Waals surface area contributed by atoms with E-state index in [9.17, 15) is 4.79 Å². The Morgan fingerprint density at radius 1 is 1.35 bits per heavy atom. The first-order valence-electron chi connectivity index (χ1n) is 4.83. The van der Waals surface area contributed by atoms with E-state index in [4.69, 9.17) is 0 Å². The van der Waals surface area contributed by atoms with E-state index in [0.717, 1.165) is 4.47 Å². The van der Waals surface area contributed by atoms with Crippen molar-refractivity contribution in [1.29, 1.82) is 0 Å². The van der Waals surface area contributed by atoms with E-state index in [2.05, 4.69) is 36.6 Å². The molecule has 0 aliphatic carbocycles. The molecule has 0 fully saturated rings. The average Bonchev–Trinajstić information content (AvgIpc) is 2.64. The van der Waals surface area contributed by atoms with Gasteiger partial charge in [0.1, 0.15) is 11.6 Å². The van der Waals surface area contributed by atoms with Gasteiger partial charge in [-0.25, -0.2) is 9.78 Å². The van der Waals surface area contributed by atoms with Crippen molar-refractivity contribution in [2.75, 3.05) is 10.6 Å². The van der Waals surface area contributed by atoms with Gasteiger partial charge in [0.05, 0.1) is 6.20 Å². The van der Waals surface area contributed by atoms with Crippen LogP contribution in [0.5, 0.6) is 0 Å². The molecule has 0 saturated carbocycles. The summed E-state index contributed by atoms with van der Waals surface area (Å²) < 4.78 is 2.41. The third-order valence-corrected chi connectivity index (χ3v) is 2.52. The zero-order valence-electron chi connectivity index (χ0n) is 9.01. The molecule has 0 aliphatic heterocycles. The molecular formula is C10H10BrN5O. The molecule has 0 radical (unpaired) electrons. The van der Waals surface area contributed by atoms with Crippen LogP contribution in [-0.4, -0.2) is 20.8 Å². The Morgan fingerprint density at radius 2 is 2.18 bits per heavy atom. The summed E-state index contributed by atoms with van der Waals surface area (Å²) in [5, 5.41) is 9.21. The lowest BCUT2D eigenvalue weighted by Gasteiger charge is -2.06. The molecule has 6 nitrogen and oxygen atoms in total. The van der Waals surface area contributed by atoms with Crippen molar-refractivity contribution in [3.8, 4) is 0 Å². The molecule has 0 atom stereocenters. The molecule has 0 bridgehead atoms. The summed E-state index contributed by atoms with van der Waals surface area (Å²) in [6.45, 7) is 0. The van der Waals surface area contributed by atoms with Gasteiger partial charge in [-0.3, -0.25) is 15.3 Å². The van der Waals surface area contributed by atoms with E-state index < -0.39 is 0 Å². The minimum Gasteiger partial charge on any atom is -0.292 e. The van der Waals surface area contributed by atoms with Crippen LogP contribution in [0.2, 0.25) is 0 Å². The number of carbonyl (C=O) groups excluding carboxylic acids is 1. The molecule has 2 amide bonds. The van der Waals surface area contributed by atoms with Gasteiger partial charge in [-0.15, -0.1) is 0 Å². The average molecular weight is 296 g/mol. The number of nitrogens with one attached hydrogen (secondary N) is 2. The normalized spacial score (nSPS) is 10.0. The summed E-state index contributed by atoms with van der Waals surface area (Å²) in [6, 6.07) is 4.83. The predicted molar refractivity (Wildman–Crippen MR) is 67.8 cm³/mol. The lowest BCUT2D eigenvalue weighted by atomic mass is 10.5. The van der Waals surface area contributed by atoms with Crippen molar-refractivity contribution in [3.63, 3.8) is 0 Å². The van der Waals surface area contributed by atoms with Crippen LogP contribution < -0.4 is 10.6 Å². The van der Waals surface area contributed by atoms with Gasteiger partial charge >= 0.3 is 6.03 Å². The molecule has 0 unspecified atom stereocenters. The van der Waals surface area contributed by atoms with E-state index in [1.54, 1.807) is 42.3 Å². The number of urea groups is 1. The lowest BCUT2D eigenvalue weighted by Crippen LogP contribution is -2.21. The highest BCUT2D eigenvalue weighted by molar-refractivity contribution is 9.10. The van der Waals surface area contributed by atoms with Crippen LogP contribution in [0.4, 0.5) is 16.4 Å². The number of anilines is 2. The summed E-state index contributed by atoms with van der Waals surface area (Å²) in [5.74, 6) is 1.08. The van der Waals surface area contributed by atoms with Gasteiger partial charge in [-0.05, 0) is 12.1 Å². The quantitative estimate of drug-likeness (QED) is 0.892. The van der Waals surface area contributed by atoms with Gasteiger partial charge in [0.15, 0.2) is 0 Å². The molecule has 2 heterocycles. The standard InChI is InChI=1S/C10H10BrN5O/c1-16-9(3-5-13-16)15-10(17)14-8-6-7(11)2-4-12-8/h2-6H,1H3,(H2,12,14,15,17). The molecular weight excluding hydrogens is 286 g/mol. The van der Waals surface area contributed by atoms with Crippen LogP contribution in [0.25, 0.3) is 0 Å². The maximum absolute atomic E-state index is 11.6. The van der Waals surface area contributed by atoms with Crippen molar-refractivity contribution in [2.24, 2.45) is 7.05 Å². The Labute approximate surface area is 106 Å². The highest BCUT2D eigenvalue weighted by Gasteiger charge is 2.05. The molecule has 7 heteroatoms. The van der Waals surface area contributed by atoms with Crippen LogP contribution in [0.3, 0.4) is 0 Å². The Hall–Kier alpha value is -1.89. The molecule has 2 aromatic rings. The SMILES string of the molecule is Cn1nccc1NC(=O)Nc1cc(Br)ccn1. The molecule has 88 valence electrons. The zero-order chi connectivity index (χ0) is 12.3. The fraction of sp³-hybridized carbons (Fsp3) is 0.100. The second kappa shape index (κ2) is 4.96. The van der Waals surface area contributed by atoms with Gasteiger partial charge in [0, 0.05) is 23.8 Å². The highest BCUT2D eigenvalue weighted by atomic mass is 79.9. The third-order valence-electron chi connectivity index (χ3n) is 2.03. The van der Waals surface area contributed by atoms with Crippen molar-refractivity contribution in [1.82, 2.24) is 14.8 Å². The number of carbonyl (C=O) groups is 1. The van der Waals surface area contributed by atoms with Gasteiger partial charge in [0.2, 0.25) is 0 Å². The Morgan fingerprint density at radius 3 is 2.82 bits per heavy atom. The lowest BCUT2D eigenvalue weighted by molar-refractivity contribution is 0.262. The maximum atomic E-state index is 11.6.